The number of alkyl halides is 6. The summed E-state index contributed by atoms with van der Waals surface area (Å²) in [7, 11) is 1.84. The van der Waals surface area contributed by atoms with Gasteiger partial charge < -0.3 is 38.2 Å². The number of carbonyl (C=O) groups is 2. The first kappa shape index (κ1) is 42.3. The van der Waals surface area contributed by atoms with Crippen LogP contribution in [0.4, 0.5) is 43.9 Å². The van der Waals surface area contributed by atoms with Crippen molar-refractivity contribution in [1.82, 2.24) is 28.7 Å². The van der Waals surface area contributed by atoms with Crippen LogP contribution in [0.15, 0.2) is 207 Å². The van der Waals surface area contributed by atoms with Gasteiger partial charge in [0.15, 0.2) is 34.1 Å². The zero-order valence-corrected chi connectivity index (χ0v) is 56.3. The van der Waals surface area contributed by atoms with Crippen LogP contribution in [0.2, 0.25) is 0 Å². The number of rotatable bonds is 24. The average Bonchev–Trinajstić information content (AvgIpc) is 0.661. The van der Waals surface area contributed by atoms with Crippen molar-refractivity contribution in [1.29, 1.82) is 0 Å². The summed E-state index contributed by atoms with van der Waals surface area (Å²) in [5.74, 6) is -10.9. The second-order valence-corrected chi connectivity index (χ2v) is 24.1. The second-order valence-electron chi connectivity index (χ2n) is 22.1. The molecular formula is C81H78F10N6O6S2. The fraction of sp³-hybridized carbons (Fsp3) is 0.309. The summed E-state index contributed by atoms with van der Waals surface area (Å²) in [5.41, 5.74) is -10.3. The first-order valence-corrected chi connectivity index (χ1v) is 32.6. The molecule has 4 heterocycles. The van der Waals surface area contributed by atoms with E-state index in [1.807, 2.05) is 0 Å². The Kier molecular flexibility index (Phi) is 14.1. The Balaban J connectivity index is 0.000000278. The van der Waals surface area contributed by atoms with E-state index < -0.39 is 330 Å². The number of likely N-dealkylation sites (tertiary alicyclic amines) is 2. The maximum absolute atomic E-state index is 15.6. The number of methoxy groups -OCH3 is 2. The number of halogens is 10. The Morgan fingerprint density at radius 2 is 1.10 bits per heavy atom. The Labute approximate surface area is 662 Å². The molecule has 0 radical (unpaired) electrons. The number of pyridine rings is 2. The highest BCUT2D eigenvalue weighted by Crippen LogP contribution is 2.36. The molecule has 8 aromatic carbocycles. The van der Waals surface area contributed by atoms with Gasteiger partial charge in [-0.1, -0.05) is 115 Å². The lowest BCUT2D eigenvalue weighted by Crippen LogP contribution is -2.48. The monoisotopic (exact) mass is 1520 g/mol. The Hall–Kier alpha value is -9.04. The standard InChI is InChI=1S/C41H40F5N3O3S.C40H38F5N3O3S/c1-27-22-29(28-12-14-32(15-13-28)41(44,45)46)10-11-30(27)24-48(33-16-18-47(19-17-33)20-21-52-2)38(51)25-49-36-9-4-3-7-34(36)37(50)23-39(49)53-26-31-6-5-8-35(42)40(31)43;1-51-22-21-46-19-17-32(18-20-46)47(24-27-9-11-28(12-10-27)29-13-15-31(16-14-29)40(43,44)45)37(50)25-48-35-8-3-2-6-33(35)36(49)23-38(48)52-26-30-5-4-7-34(41)39(30)42/h3-15,22-23,33H,16-21,24-26H2,1-2H3;2-16,23,32H,17-22,24-26H2,1H3/i3D,4D,5D,6D,7D,8D,9D,10D,11D,12D,13D,14D,15D,16D2,17D2,18D2,19D2,20D2,22D,23D,33D;17D2,18D2,19D2,20D2,21D2,32D. The quantitative estimate of drug-likeness (QED) is 0.0428. The molecule has 2 fully saturated rings. The maximum Gasteiger partial charge on any atom is 0.416 e. The first-order valence-electron chi connectivity index (χ1n) is 49.1. The van der Waals surface area contributed by atoms with E-state index >= 15 is 14.0 Å². The number of nitrogens with zero attached hydrogens (tertiary/aromatic N) is 6. The van der Waals surface area contributed by atoms with Crippen molar-refractivity contribution in [2.45, 2.75) is 105 Å². The van der Waals surface area contributed by atoms with E-state index in [2.05, 4.69) is 0 Å². The highest BCUT2D eigenvalue weighted by Gasteiger charge is 2.34. The van der Waals surface area contributed by atoms with Crippen LogP contribution in [-0.4, -0.2) is 119 Å². The lowest BCUT2D eigenvalue weighted by molar-refractivity contribution is -0.138. The van der Waals surface area contributed by atoms with Crippen molar-refractivity contribution in [2.75, 3.05) is 66.4 Å². The van der Waals surface area contributed by atoms with Gasteiger partial charge in [0.25, 0.3) is 0 Å². The molecular weight excluding hydrogens is 1410 g/mol. The minimum Gasteiger partial charge on any atom is -0.383 e. The third kappa shape index (κ3) is 19.3. The number of para-hydroxylation sites is 2. The molecule has 2 aliphatic heterocycles. The molecule has 0 N–H and O–H groups in total. The molecule has 0 atom stereocenters. The molecule has 2 aromatic heterocycles. The van der Waals surface area contributed by atoms with Gasteiger partial charge >= 0.3 is 12.4 Å². The number of fused-ring (bicyclic) bond motifs is 2. The number of aromatic nitrogens is 2. The van der Waals surface area contributed by atoms with Crippen molar-refractivity contribution in [3.8, 4) is 22.3 Å². The molecule has 2 amide bonds. The summed E-state index contributed by atoms with van der Waals surface area (Å²) < 4.78 is 479. The van der Waals surface area contributed by atoms with Gasteiger partial charge in [-0.05, 0) is 132 Å². The Morgan fingerprint density at radius 1 is 0.543 bits per heavy atom. The van der Waals surface area contributed by atoms with Gasteiger partial charge in [-0.2, -0.15) is 26.3 Å². The molecule has 2 aliphatic rings. The number of hydrogen-bond donors (Lipinski definition) is 0. The zero-order chi connectivity index (χ0) is 107. The lowest BCUT2D eigenvalue weighted by Gasteiger charge is -2.39. The normalized spacial score (nSPS) is 24.0. The van der Waals surface area contributed by atoms with E-state index in [0.29, 0.717) is 20.6 Å². The van der Waals surface area contributed by atoms with Crippen LogP contribution >= 0.6 is 23.5 Å². The lowest BCUT2D eigenvalue weighted by atomic mass is 9.97. The van der Waals surface area contributed by atoms with Crippen LogP contribution in [0.25, 0.3) is 44.1 Å². The number of amides is 2. The number of ether oxygens (including phenoxy) is 2. The summed E-state index contributed by atoms with van der Waals surface area (Å²) in [6, 6.07) is -8.06. The molecule has 2 saturated heterocycles. The second kappa shape index (κ2) is 34.9. The van der Waals surface area contributed by atoms with Gasteiger partial charge in [-0.15, -0.1) is 23.5 Å². The molecule has 0 spiro atoms. The molecule has 24 heteroatoms. The van der Waals surface area contributed by atoms with Crippen LogP contribution < -0.4 is 10.9 Å². The van der Waals surface area contributed by atoms with Crippen molar-refractivity contribution in [2.24, 2.45) is 0 Å². The fourth-order valence-corrected chi connectivity index (χ4v) is 11.9. The minimum atomic E-state index is -5.48. The van der Waals surface area contributed by atoms with Crippen molar-refractivity contribution < 1.29 is 114 Å². The summed E-state index contributed by atoms with van der Waals surface area (Å²) in [5, 5.41) is -2.01. The summed E-state index contributed by atoms with van der Waals surface area (Å²) >= 11 is 0.853. The van der Waals surface area contributed by atoms with Gasteiger partial charge in [0.05, 0.1) is 68.7 Å². The van der Waals surface area contributed by atoms with Crippen molar-refractivity contribution >= 4 is 57.1 Å². The minimum absolute atomic E-state index is 0.0187. The molecule has 12 rings (SSSR count). The number of benzene rings is 8. The Morgan fingerprint density at radius 3 is 1.71 bits per heavy atom. The van der Waals surface area contributed by atoms with Gasteiger partial charge in [-0.3, -0.25) is 19.2 Å². The summed E-state index contributed by atoms with van der Waals surface area (Å²) in [6.07, 6.45) is -27.1. The van der Waals surface area contributed by atoms with Crippen LogP contribution in [0.5, 0.6) is 0 Å². The number of thioether (sulfide) groups is 2. The summed E-state index contributed by atoms with van der Waals surface area (Å²) in [6.45, 7) is -30.2. The fourth-order valence-electron chi connectivity index (χ4n) is 9.96. The van der Waals surface area contributed by atoms with Crippen molar-refractivity contribution in [3.05, 3.63) is 270 Å². The van der Waals surface area contributed by atoms with E-state index in [0.717, 1.165) is 57.2 Å². The number of piperidine rings is 2. The van der Waals surface area contributed by atoms with Gasteiger partial charge in [0, 0.05) is 151 Å². The Bertz CT molecular complexity index is 6730. The number of hydrogen-bond acceptors (Lipinski definition) is 10. The third-order valence-electron chi connectivity index (χ3n) is 15.2. The van der Waals surface area contributed by atoms with Crippen molar-refractivity contribution in [3.63, 3.8) is 0 Å². The van der Waals surface area contributed by atoms with Crippen LogP contribution in [0.3, 0.4) is 0 Å². The van der Waals surface area contributed by atoms with Crippen LogP contribution in [0, 0.1) is 30.2 Å². The molecule has 0 unspecified atom stereocenters. The predicted octanol–water partition coefficient (Wildman–Crippen LogP) is 17.1. The average molecular weight is 1520 g/mol. The predicted molar refractivity (Wildman–Crippen MR) is 391 cm³/mol. The molecule has 0 saturated carbocycles. The molecule has 105 heavy (non-hydrogen) atoms. The topological polar surface area (TPSA) is 110 Å². The highest BCUT2D eigenvalue weighted by molar-refractivity contribution is 7.98. The van der Waals surface area contributed by atoms with Gasteiger partial charge in [0.2, 0.25) is 11.8 Å². The first-order chi connectivity index (χ1) is 65.0. The van der Waals surface area contributed by atoms with E-state index in [1.54, 1.807) is 0 Å². The van der Waals surface area contributed by atoms with E-state index in [9.17, 15) is 62.8 Å². The van der Waals surface area contributed by atoms with Crippen LogP contribution in [0.1, 0.15) is 115 Å². The molecule has 0 aliphatic carbocycles. The summed E-state index contributed by atoms with van der Waals surface area (Å²) in [4.78, 5) is 57.1. The van der Waals surface area contributed by atoms with Gasteiger partial charge in [0.1, 0.15) is 13.1 Å². The van der Waals surface area contributed by atoms with Crippen LogP contribution in [-0.2, 0) is 69.1 Å². The molecule has 550 valence electrons. The largest absolute Gasteiger partial charge is 0.416 e. The highest BCUT2D eigenvalue weighted by atomic mass is 32.2. The SMILES string of the molecule is [2H]C([2H])(COC)N1C([2H])([2H])C([2H])([2H])C([2H])(N(Cc2ccc(-c3ccc(C(F)(F)F)cc3)cc2)C(=O)Cn2c(SCc3cccc(F)c3F)cc(=O)c3ccccc32)C([2H])([2H])C1([2H])[2H].[2H]c1c([2H])c(F)c(F)c(CSc2c([2H])c(=O)c3c([2H])c([2H])c([2H])c([2H])c3n2CC(=O)N(Cc2c([2H])c([2H])c(-c3c([2H])c([2H])c(C(F)(F)F)c([2H])c3[2H])c([2H])c2C)C2([2H])C([2H])([2H])C([2H])([2H])N(C([2H])([2H])COC)C([2H])([2H])C2([2H])[2H])c1[2H]. The van der Waals surface area contributed by atoms with Gasteiger partial charge in [-0.25, -0.2) is 17.6 Å². The molecule has 0 bridgehead atoms. The van der Waals surface area contributed by atoms with E-state index in [-0.39, 0.29) is 54.4 Å². The van der Waals surface area contributed by atoms with E-state index in [4.69, 9.17) is 46.5 Å². The third-order valence-corrected chi connectivity index (χ3v) is 17.4. The maximum atomic E-state index is 15.6. The van der Waals surface area contributed by atoms with E-state index in [1.165, 1.54) is 77.4 Å². The zero-order valence-electron chi connectivity index (χ0n) is 91.6. The smallest absolute Gasteiger partial charge is 0.383 e. The molecule has 12 nitrogen and oxygen atoms in total. The molecule has 10 aromatic rings. The number of carbonyl (C=O) groups excluding carboxylic acids is 2.